The molecule has 0 unspecified atom stereocenters. The van der Waals surface area contributed by atoms with Crippen LogP contribution in [0.4, 0.5) is 10.3 Å². The van der Waals surface area contributed by atoms with E-state index in [0.717, 1.165) is 0 Å². The van der Waals surface area contributed by atoms with Gasteiger partial charge in [-0.15, -0.1) is 0 Å². The molecule has 2 rings (SSSR count). The number of nitrogens with one attached hydrogen (secondary N) is 1. The summed E-state index contributed by atoms with van der Waals surface area (Å²) in [5.74, 6) is -0.723. The highest BCUT2D eigenvalue weighted by Crippen LogP contribution is 2.17. The first-order valence-corrected chi connectivity index (χ1v) is 5.51. The van der Waals surface area contributed by atoms with Crippen LogP contribution in [-0.4, -0.2) is 34.3 Å². The summed E-state index contributed by atoms with van der Waals surface area (Å²) in [6.07, 6.45) is 1.91. The number of carbonyl (C=O) groups is 1. The minimum absolute atomic E-state index is 0.128. The third-order valence-corrected chi connectivity index (χ3v) is 2.43. The lowest BCUT2D eigenvalue weighted by molar-refractivity contribution is 0.0699. The molecular weight excluding hydrogens is 237 g/mol. The molecule has 5 nitrogen and oxygen atoms in total. The third kappa shape index (κ3) is 2.53. The number of hydrogen-bond donors (Lipinski definition) is 2. The van der Waals surface area contributed by atoms with Gasteiger partial charge in [-0.25, -0.2) is 14.8 Å². The first kappa shape index (κ1) is 12.2. The second-order valence-corrected chi connectivity index (χ2v) is 3.71. The number of carboxylic acids is 1. The summed E-state index contributed by atoms with van der Waals surface area (Å²) >= 11 is 0. The maximum absolute atomic E-state index is 12.0. The number of anilines is 1. The fourth-order valence-corrected chi connectivity index (χ4v) is 1.58. The number of hydrogen-bond acceptors (Lipinski definition) is 4. The molecule has 0 atom stereocenters. The molecule has 1 aromatic carbocycles. The summed E-state index contributed by atoms with van der Waals surface area (Å²) < 4.78 is 12.0. The molecule has 0 radical (unpaired) electrons. The van der Waals surface area contributed by atoms with Gasteiger partial charge in [0.25, 0.3) is 0 Å². The Bertz CT molecular complexity index is 574. The number of alkyl halides is 1. The molecule has 0 aliphatic carbocycles. The number of aromatic carboxylic acids is 1. The van der Waals surface area contributed by atoms with Gasteiger partial charge >= 0.3 is 5.97 Å². The van der Waals surface area contributed by atoms with E-state index in [2.05, 4.69) is 15.3 Å². The van der Waals surface area contributed by atoms with Crippen molar-refractivity contribution in [3.05, 3.63) is 30.0 Å². The minimum Gasteiger partial charge on any atom is -0.478 e. The Morgan fingerprint density at radius 2 is 2.28 bits per heavy atom. The van der Waals surface area contributed by atoms with Crippen molar-refractivity contribution in [2.24, 2.45) is 0 Å². The van der Waals surface area contributed by atoms with Crippen LogP contribution < -0.4 is 5.32 Å². The summed E-state index contributed by atoms with van der Waals surface area (Å²) in [7, 11) is 0. The Morgan fingerprint density at radius 1 is 1.44 bits per heavy atom. The number of carboxylic acid groups (broad SMARTS) is 1. The summed E-state index contributed by atoms with van der Waals surface area (Å²) in [4.78, 5) is 19.2. The van der Waals surface area contributed by atoms with Gasteiger partial charge in [0.1, 0.15) is 0 Å². The lowest BCUT2D eigenvalue weighted by atomic mass is 10.1. The predicted molar refractivity (Wildman–Crippen MR) is 65.6 cm³/mol. The fraction of sp³-hybridized carbons (Fsp3) is 0.250. The highest BCUT2D eigenvalue weighted by atomic mass is 19.1. The maximum atomic E-state index is 12.0. The number of aromatic nitrogens is 2. The van der Waals surface area contributed by atoms with Crippen LogP contribution >= 0.6 is 0 Å². The SMILES string of the molecule is O=C(O)c1cccc2cnc(NCCCF)nc12. The topological polar surface area (TPSA) is 75.1 Å². The molecule has 0 saturated carbocycles. The van der Waals surface area contributed by atoms with E-state index >= 15 is 0 Å². The molecule has 6 heteroatoms. The molecule has 1 heterocycles. The second-order valence-electron chi connectivity index (χ2n) is 3.71. The summed E-state index contributed by atoms with van der Waals surface area (Å²) in [6, 6.07) is 4.88. The van der Waals surface area contributed by atoms with Gasteiger partial charge in [-0.1, -0.05) is 12.1 Å². The van der Waals surface area contributed by atoms with Crippen molar-refractivity contribution in [1.29, 1.82) is 0 Å². The van der Waals surface area contributed by atoms with Crippen molar-refractivity contribution in [3.63, 3.8) is 0 Å². The minimum atomic E-state index is -1.03. The average molecular weight is 249 g/mol. The van der Waals surface area contributed by atoms with Gasteiger partial charge < -0.3 is 10.4 Å². The van der Waals surface area contributed by atoms with E-state index in [9.17, 15) is 9.18 Å². The molecule has 18 heavy (non-hydrogen) atoms. The van der Waals surface area contributed by atoms with Gasteiger partial charge in [-0.3, -0.25) is 4.39 Å². The molecule has 2 N–H and O–H groups in total. The molecule has 2 aromatic rings. The van der Waals surface area contributed by atoms with E-state index in [4.69, 9.17) is 5.11 Å². The van der Waals surface area contributed by atoms with Gasteiger partial charge in [0.15, 0.2) is 0 Å². The quantitative estimate of drug-likeness (QED) is 0.794. The van der Waals surface area contributed by atoms with Crippen LogP contribution in [0.25, 0.3) is 10.9 Å². The van der Waals surface area contributed by atoms with E-state index < -0.39 is 12.6 Å². The van der Waals surface area contributed by atoms with Gasteiger partial charge in [-0.2, -0.15) is 0 Å². The van der Waals surface area contributed by atoms with Crippen molar-refractivity contribution in [2.75, 3.05) is 18.5 Å². The van der Waals surface area contributed by atoms with Crippen LogP contribution in [0.3, 0.4) is 0 Å². The zero-order valence-electron chi connectivity index (χ0n) is 9.56. The van der Waals surface area contributed by atoms with Gasteiger partial charge in [-0.05, 0) is 12.5 Å². The Kier molecular flexibility index (Phi) is 3.66. The van der Waals surface area contributed by atoms with Crippen molar-refractivity contribution in [1.82, 2.24) is 9.97 Å². The van der Waals surface area contributed by atoms with Crippen LogP contribution in [0, 0.1) is 0 Å². The van der Waals surface area contributed by atoms with Gasteiger partial charge in [0.2, 0.25) is 5.95 Å². The van der Waals surface area contributed by atoms with Crippen molar-refractivity contribution < 1.29 is 14.3 Å². The summed E-state index contributed by atoms with van der Waals surface area (Å²) in [5.41, 5.74) is 0.506. The molecule has 0 bridgehead atoms. The predicted octanol–water partition coefficient (Wildman–Crippen LogP) is 2.10. The van der Waals surface area contributed by atoms with E-state index in [1.165, 1.54) is 6.07 Å². The van der Waals surface area contributed by atoms with Crippen molar-refractivity contribution in [2.45, 2.75) is 6.42 Å². The molecule has 0 aliphatic heterocycles. The number of rotatable bonds is 5. The number of halogens is 1. The zero-order valence-corrected chi connectivity index (χ0v) is 9.56. The Morgan fingerprint density at radius 3 is 3.00 bits per heavy atom. The maximum Gasteiger partial charge on any atom is 0.337 e. The number of para-hydroxylation sites is 1. The first-order valence-electron chi connectivity index (χ1n) is 5.51. The van der Waals surface area contributed by atoms with Crippen LogP contribution in [0.1, 0.15) is 16.8 Å². The Labute approximate surface area is 103 Å². The Balaban J connectivity index is 2.36. The molecule has 0 saturated heterocycles. The Hall–Kier alpha value is -2.24. The monoisotopic (exact) mass is 249 g/mol. The van der Waals surface area contributed by atoms with Crippen LogP contribution in [-0.2, 0) is 0 Å². The average Bonchev–Trinajstić information content (AvgIpc) is 2.38. The largest absolute Gasteiger partial charge is 0.478 e. The first-order chi connectivity index (χ1) is 8.72. The van der Waals surface area contributed by atoms with Crippen molar-refractivity contribution in [3.8, 4) is 0 Å². The van der Waals surface area contributed by atoms with Gasteiger partial charge in [0.05, 0.1) is 17.8 Å². The summed E-state index contributed by atoms with van der Waals surface area (Å²) in [5, 5.41) is 12.6. The lowest BCUT2D eigenvalue weighted by Crippen LogP contribution is -2.07. The normalized spacial score (nSPS) is 10.5. The van der Waals surface area contributed by atoms with Crippen LogP contribution in [0.5, 0.6) is 0 Å². The van der Waals surface area contributed by atoms with E-state index in [1.54, 1.807) is 18.3 Å². The summed E-state index contributed by atoms with van der Waals surface area (Å²) in [6.45, 7) is -0.00178. The third-order valence-electron chi connectivity index (χ3n) is 2.43. The highest BCUT2D eigenvalue weighted by molar-refractivity contribution is 6.01. The zero-order chi connectivity index (χ0) is 13.0. The highest BCUT2D eigenvalue weighted by Gasteiger charge is 2.10. The van der Waals surface area contributed by atoms with Crippen LogP contribution in [0.15, 0.2) is 24.4 Å². The van der Waals surface area contributed by atoms with E-state index in [0.29, 0.717) is 29.8 Å². The van der Waals surface area contributed by atoms with Crippen LogP contribution in [0.2, 0.25) is 0 Å². The van der Waals surface area contributed by atoms with E-state index in [1.807, 2.05) is 0 Å². The molecule has 94 valence electrons. The molecule has 1 aromatic heterocycles. The molecule has 0 spiro atoms. The lowest BCUT2D eigenvalue weighted by Gasteiger charge is -2.05. The second kappa shape index (κ2) is 5.39. The van der Waals surface area contributed by atoms with E-state index in [-0.39, 0.29) is 5.56 Å². The fourth-order valence-electron chi connectivity index (χ4n) is 1.58. The number of fused-ring (bicyclic) bond motifs is 1. The standard InChI is InChI=1S/C12H12FN3O2/c13-5-2-6-14-12-15-7-8-3-1-4-9(11(17)18)10(8)16-12/h1,3-4,7H,2,5-6H2,(H,17,18)(H,14,15,16). The molecular formula is C12H12FN3O2. The molecule has 0 aliphatic rings. The molecule has 0 amide bonds. The van der Waals surface area contributed by atoms with Gasteiger partial charge in [0, 0.05) is 18.1 Å². The van der Waals surface area contributed by atoms with Crippen molar-refractivity contribution >= 4 is 22.8 Å². The number of nitrogens with zero attached hydrogens (tertiary/aromatic N) is 2. The smallest absolute Gasteiger partial charge is 0.337 e. The molecule has 0 fully saturated rings. The number of benzene rings is 1.